The van der Waals surface area contributed by atoms with Crippen LogP contribution in [0.3, 0.4) is 0 Å². The molecule has 2 aromatic rings. The van der Waals surface area contributed by atoms with Crippen LogP contribution in [0.4, 0.5) is 5.13 Å². The molecule has 0 bridgehead atoms. The second kappa shape index (κ2) is 4.56. The zero-order valence-electron chi connectivity index (χ0n) is 10.8. The van der Waals surface area contributed by atoms with Gasteiger partial charge in [0.2, 0.25) is 0 Å². The highest BCUT2D eigenvalue weighted by Crippen LogP contribution is 2.44. The van der Waals surface area contributed by atoms with Gasteiger partial charge in [-0.1, -0.05) is 11.3 Å². The van der Waals surface area contributed by atoms with Gasteiger partial charge in [-0.3, -0.25) is 0 Å². The van der Waals surface area contributed by atoms with Crippen LogP contribution in [0.15, 0.2) is 11.4 Å². The summed E-state index contributed by atoms with van der Waals surface area (Å²) in [5.41, 5.74) is 2.18. The van der Waals surface area contributed by atoms with Gasteiger partial charge in [-0.2, -0.15) is 0 Å². The van der Waals surface area contributed by atoms with Crippen LogP contribution in [0.1, 0.15) is 44.6 Å². The van der Waals surface area contributed by atoms with Crippen LogP contribution in [0, 0.1) is 0 Å². The Hall–Kier alpha value is -1.40. The largest absolute Gasteiger partial charge is 0.477 e. The molecule has 0 atom stereocenters. The fraction of sp³-hybridized carbons (Fsp3) is 0.429. The van der Waals surface area contributed by atoms with Gasteiger partial charge < -0.3 is 10.0 Å². The van der Waals surface area contributed by atoms with E-state index in [1.54, 1.807) is 0 Å². The van der Waals surface area contributed by atoms with Crippen LogP contribution in [-0.2, 0) is 13.0 Å². The van der Waals surface area contributed by atoms with Crippen molar-refractivity contribution in [1.82, 2.24) is 4.98 Å². The van der Waals surface area contributed by atoms with Crippen molar-refractivity contribution in [2.75, 3.05) is 11.4 Å². The predicted octanol–water partition coefficient (Wildman–Crippen LogP) is 3.34. The summed E-state index contributed by atoms with van der Waals surface area (Å²) in [6.45, 7) is 1.79. The lowest BCUT2D eigenvalue weighted by atomic mass is 10.1. The fourth-order valence-electron chi connectivity index (χ4n) is 2.65. The number of fused-ring (bicyclic) bond motifs is 1. The van der Waals surface area contributed by atoms with Crippen molar-refractivity contribution < 1.29 is 9.90 Å². The van der Waals surface area contributed by atoms with Gasteiger partial charge in [0.25, 0.3) is 0 Å². The molecule has 1 N–H and O–H groups in total. The van der Waals surface area contributed by atoms with Crippen molar-refractivity contribution in [3.63, 3.8) is 0 Å². The van der Waals surface area contributed by atoms with Crippen LogP contribution in [0.25, 0.3) is 0 Å². The Morgan fingerprint density at radius 1 is 1.45 bits per heavy atom. The lowest BCUT2D eigenvalue weighted by Crippen LogP contribution is -2.29. The number of nitrogens with zero attached hydrogens (tertiary/aromatic N) is 2. The van der Waals surface area contributed by atoms with E-state index in [1.807, 2.05) is 11.3 Å². The summed E-state index contributed by atoms with van der Waals surface area (Å²) in [7, 11) is 0. The monoisotopic (exact) mass is 306 g/mol. The Balaban J connectivity index is 1.66. The van der Waals surface area contributed by atoms with E-state index in [9.17, 15) is 9.90 Å². The summed E-state index contributed by atoms with van der Waals surface area (Å²) in [6, 6.07) is 2.17. The Kier molecular flexibility index (Phi) is 2.82. The number of aromatic carboxylic acids is 1. The highest BCUT2D eigenvalue weighted by molar-refractivity contribution is 7.17. The summed E-state index contributed by atoms with van der Waals surface area (Å²) in [5, 5.41) is 12.3. The molecule has 4 rings (SSSR count). The van der Waals surface area contributed by atoms with Crippen LogP contribution in [0.2, 0.25) is 0 Å². The molecular formula is C14H14N2O2S2. The van der Waals surface area contributed by atoms with E-state index in [4.69, 9.17) is 0 Å². The first-order valence-corrected chi connectivity index (χ1v) is 8.46. The van der Waals surface area contributed by atoms with Gasteiger partial charge in [0, 0.05) is 23.9 Å². The summed E-state index contributed by atoms with van der Waals surface area (Å²) in [5.74, 6) is -0.448. The topological polar surface area (TPSA) is 53.4 Å². The van der Waals surface area contributed by atoms with Gasteiger partial charge in [0.1, 0.15) is 4.88 Å². The van der Waals surface area contributed by atoms with Crippen LogP contribution < -0.4 is 4.90 Å². The molecule has 0 radical (unpaired) electrons. The highest BCUT2D eigenvalue weighted by atomic mass is 32.1. The van der Waals surface area contributed by atoms with Gasteiger partial charge >= 0.3 is 5.97 Å². The second-order valence-electron chi connectivity index (χ2n) is 5.33. The number of thiazole rings is 1. The number of carboxylic acid groups (broad SMARTS) is 1. The van der Waals surface area contributed by atoms with Gasteiger partial charge in [0.05, 0.1) is 5.69 Å². The number of anilines is 1. The van der Waals surface area contributed by atoms with Crippen LogP contribution in [-0.4, -0.2) is 22.6 Å². The number of aromatic nitrogens is 1. The normalized spacial score (nSPS) is 18.1. The number of hydrogen-bond acceptors (Lipinski definition) is 5. The molecule has 6 heteroatoms. The van der Waals surface area contributed by atoms with Gasteiger partial charge in [-0.15, -0.1) is 11.3 Å². The molecule has 1 fully saturated rings. The SMILES string of the molecule is O=C(O)c1sc(N2CCc3sccc3C2)nc1C1CC1. The summed E-state index contributed by atoms with van der Waals surface area (Å²) in [6.07, 6.45) is 3.20. The average Bonchev–Trinajstić information content (AvgIpc) is 3.02. The summed E-state index contributed by atoms with van der Waals surface area (Å²) < 4.78 is 0. The Morgan fingerprint density at radius 3 is 3.05 bits per heavy atom. The number of hydrogen-bond donors (Lipinski definition) is 1. The molecule has 0 aromatic carbocycles. The van der Waals surface area contributed by atoms with Gasteiger partial charge in [-0.25, -0.2) is 9.78 Å². The molecule has 1 aliphatic carbocycles. The van der Waals surface area contributed by atoms with E-state index in [-0.39, 0.29) is 0 Å². The minimum Gasteiger partial charge on any atom is -0.477 e. The lowest BCUT2D eigenvalue weighted by molar-refractivity contribution is 0.0700. The van der Waals surface area contributed by atoms with Crippen LogP contribution in [0.5, 0.6) is 0 Å². The zero-order chi connectivity index (χ0) is 13.7. The maximum atomic E-state index is 11.4. The maximum Gasteiger partial charge on any atom is 0.347 e. The third-order valence-electron chi connectivity index (χ3n) is 3.88. The fourth-order valence-corrected chi connectivity index (χ4v) is 4.56. The van der Waals surface area contributed by atoms with E-state index >= 15 is 0 Å². The van der Waals surface area contributed by atoms with E-state index in [2.05, 4.69) is 21.3 Å². The number of rotatable bonds is 3. The van der Waals surface area contributed by atoms with Gasteiger partial charge in [0.15, 0.2) is 5.13 Å². The molecule has 0 unspecified atom stereocenters. The molecule has 4 nitrogen and oxygen atoms in total. The Bertz CT molecular complexity index is 673. The number of carbonyl (C=O) groups is 1. The maximum absolute atomic E-state index is 11.4. The lowest BCUT2D eigenvalue weighted by Gasteiger charge is -2.26. The van der Waals surface area contributed by atoms with E-state index < -0.39 is 5.97 Å². The molecule has 1 saturated carbocycles. The van der Waals surface area contributed by atoms with Crippen molar-refractivity contribution in [2.45, 2.75) is 31.7 Å². The first-order chi connectivity index (χ1) is 9.72. The number of carboxylic acids is 1. The smallest absolute Gasteiger partial charge is 0.347 e. The predicted molar refractivity (Wildman–Crippen MR) is 80.1 cm³/mol. The Labute approximate surface area is 124 Å². The third kappa shape index (κ3) is 2.03. The van der Waals surface area contributed by atoms with E-state index in [0.717, 1.165) is 43.2 Å². The summed E-state index contributed by atoms with van der Waals surface area (Å²) >= 11 is 3.15. The minimum absolute atomic E-state index is 0.382. The first kappa shape index (κ1) is 12.3. The standard InChI is InChI=1S/C14H14N2O2S2/c17-13(18)12-11(8-1-2-8)15-14(20-12)16-5-3-10-9(7-16)4-6-19-10/h4,6,8H,1-3,5,7H2,(H,17,18). The first-order valence-electron chi connectivity index (χ1n) is 6.76. The molecule has 0 amide bonds. The second-order valence-corrected chi connectivity index (χ2v) is 7.31. The number of thiophene rings is 1. The van der Waals surface area contributed by atoms with Crippen molar-refractivity contribution in [3.05, 3.63) is 32.5 Å². The average molecular weight is 306 g/mol. The molecule has 104 valence electrons. The van der Waals surface area contributed by atoms with Crippen molar-refractivity contribution >= 4 is 33.8 Å². The third-order valence-corrected chi connectivity index (χ3v) is 6.02. The summed E-state index contributed by atoms with van der Waals surface area (Å²) in [4.78, 5) is 20.1. The molecule has 1 aliphatic heterocycles. The highest BCUT2D eigenvalue weighted by Gasteiger charge is 2.33. The molecule has 3 heterocycles. The van der Waals surface area contributed by atoms with Crippen molar-refractivity contribution in [2.24, 2.45) is 0 Å². The van der Waals surface area contributed by atoms with E-state index in [0.29, 0.717) is 10.8 Å². The van der Waals surface area contributed by atoms with E-state index in [1.165, 1.54) is 21.8 Å². The molecule has 20 heavy (non-hydrogen) atoms. The van der Waals surface area contributed by atoms with Crippen molar-refractivity contribution in [1.29, 1.82) is 0 Å². The minimum atomic E-state index is -0.830. The quantitative estimate of drug-likeness (QED) is 0.945. The van der Waals surface area contributed by atoms with Gasteiger partial charge in [-0.05, 0) is 36.3 Å². The molecule has 0 spiro atoms. The molecular weight excluding hydrogens is 292 g/mol. The van der Waals surface area contributed by atoms with Crippen LogP contribution >= 0.6 is 22.7 Å². The molecule has 0 saturated heterocycles. The molecule has 2 aromatic heterocycles. The zero-order valence-corrected chi connectivity index (χ0v) is 12.5. The van der Waals surface area contributed by atoms with Crippen molar-refractivity contribution in [3.8, 4) is 0 Å². The molecule has 2 aliphatic rings. The Morgan fingerprint density at radius 2 is 2.30 bits per heavy atom.